The standard InChI is InChI=1S/C21H24N6S/c28-21(25-24-18-7-3-5-15-6-4-10-23-20(15)18)27-13-16-11-26(12-17(16)14-27)19-8-1-2-9-22-19/h1-2,4,6,8-10,16-17H,3,5,7,11-14H2,(H,25,28)/t16-,17+. The number of aryl methyl sites for hydroxylation is 1. The molecule has 6 nitrogen and oxygen atoms in total. The van der Waals surface area contributed by atoms with E-state index in [4.69, 9.17) is 12.2 Å². The van der Waals surface area contributed by atoms with Gasteiger partial charge in [-0.3, -0.25) is 10.4 Å². The molecule has 2 fully saturated rings. The van der Waals surface area contributed by atoms with Crippen molar-refractivity contribution >= 4 is 28.9 Å². The van der Waals surface area contributed by atoms with Crippen molar-refractivity contribution in [1.29, 1.82) is 0 Å². The van der Waals surface area contributed by atoms with Gasteiger partial charge in [-0.05, 0) is 55.2 Å². The lowest BCUT2D eigenvalue weighted by Gasteiger charge is -2.24. The highest BCUT2D eigenvalue weighted by Gasteiger charge is 2.41. The molecule has 2 atom stereocenters. The average Bonchev–Trinajstić information content (AvgIpc) is 3.32. The first-order valence-electron chi connectivity index (χ1n) is 9.99. The molecule has 28 heavy (non-hydrogen) atoms. The molecule has 0 saturated carbocycles. The molecular formula is C21H24N6S. The average molecular weight is 393 g/mol. The summed E-state index contributed by atoms with van der Waals surface area (Å²) in [6.45, 7) is 4.07. The number of hydrogen-bond acceptors (Lipinski definition) is 5. The van der Waals surface area contributed by atoms with Gasteiger partial charge in [-0.15, -0.1) is 0 Å². The summed E-state index contributed by atoms with van der Waals surface area (Å²) in [6, 6.07) is 10.3. The normalized spacial score (nSPS) is 24.9. The number of hydrogen-bond donors (Lipinski definition) is 1. The van der Waals surface area contributed by atoms with Crippen molar-refractivity contribution in [1.82, 2.24) is 20.3 Å². The molecule has 2 aromatic heterocycles. The summed E-state index contributed by atoms with van der Waals surface area (Å²) in [5.41, 5.74) is 6.47. The second-order valence-electron chi connectivity index (χ2n) is 7.86. The number of nitrogens with one attached hydrogen (secondary N) is 1. The number of likely N-dealkylation sites (tertiary alicyclic amines) is 1. The van der Waals surface area contributed by atoms with Crippen LogP contribution in [0.5, 0.6) is 0 Å². The van der Waals surface area contributed by atoms with E-state index in [1.54, 1.807) is 0 Å². The molecule has 0 bridgehead atoms. The number of nitrogens with zero attached hydrogens (tertiary/aromatic N) is 5. The highest BCUT2D eigenvalue weighted by molar-refractivity contribution is 7.80. The molecule has 0 aromatic carbocycles. The molecule has 7 heteroatoms. The van der Waals surface area contributed by atoms with Gasteiger partial charge >= 0.3 is 0 Å². The van der Waals surface area contributed by atoms with Crippen molar-refractivity contribution in [3.63, 3.8) is 0 Å². The van der Waals surface area contributed by atoms with Crippen LogP contribution in [-0.4, -0.2) is 51.9 Å². The molecule has 0 spiro atoms. The van der Waals surface area contributed by atoms with Crippen LogP contribution >= 0.6 is 12.2 Å². The monoisotopic (exact) mass is 392 g/mol. The van der Waals surface area contributed by atoms with Crippen LogP contribution in [0.3, 0.4) is 0 Å². The molecule has 2 saturated heterocycles. The molecular weight excluding hydrogens is 368 g/mol. The Hall–Kier alpha value is -2.54. The summed E-state index contributed by atoms with van der Waals surface area (Å²) >= 11 is 5.64. The molecule has 0 unspecified atom stereocenters. The smallest absolute Gasteiger partial charge is 0.189 e. The molecule has 1 aliphatic carbocycles. The van der Waals surface area contributed by atoms with Crippen molar-refractivity contribution < 1.29 is 0 Å². The van der Waals surface area contributed by atoms with Crippen molar-refractivity contribution in [2.75, 3.05) is 31.1 Å². The Morgan fingerprint density at radius 1 is 1.00 bits per heavy atom. The fourth-order valence-corrected chi connectivity index (χ4v) is 4.84. The molecule has 4 heterocycles. The maximum atomic E-state index is 5.64. The fraction of sp³-hybridized carbons (Fsp3) is 0.429. The summed E-state index contributed by atoms with van der Waals surface area (Å²) in [4.78, 5) is 13.7. The first-order valence-corrected chi connectivity index (χ1v) is 10.4. The number of anilines is 1. The van der Waals surface area contributed by atoms with Crippen molar-refractivity contribution in [2.45, 2.75) is 19.3 Å². The summed E-state index contributed by atoms with van der Waals surface area (Å²) in [5.74, 6) is 2.34. The van der Waals surface area contributed by atoms with Crippen molar-refractivity contribution in [2.24, 2.45) is 16.9 Å². The van der Waals surface area contributed by atoms with Gasteiger partial charge in [0.05, 0.1) is 11.4 Å². The Morgan fingerprint density at radius 2 is 1.82 bits per heavy atom. The highest BCUT2D eigenvalue weighted by Crippen LogP contribution is 2.33. The lowest BCUT2D eigenvalue weighted by atomic mass is 9.95. The van der Waals surface area contributed by atoms with E-state index < -0.39 is 0 Å². The third kappa shape index (κ3) is 3.35. The second kappa shape index (κ2) is 7.47. The van der Waals surface area contributed by atoms with Crippen molar-refractivity contribution in [3.05, 3.63) is 54.0 Å². The molecule has 144 valence electrons. The molecule has 2 aliphatic heterocycles. The van der Waals surface area contributed by atoms with Gasteiger partial charge in [0, 0.05) is 50.4 Å². The summed E-state index contributed by atoms with van der Waals surface area (Å²) in [7, 11) is 0. The zero-order chi connectivity index (χ0) is 18.9. The van der Waals surface area contributed by atoms with E-state index in [9.17, 15) is 0 Å². The first-order chi connectivity index (χ1) is 13.8. The number of hydrazone groups is 1. The van der Waals surface area contributed by atoms with Crippen LogP contribution in [0.15, 0.2) is 47.8 Å². The Bertz CT molecular complexity index is 885. The Kier molecular flexibility index (Phi) is 4.68. The topological polar surface area (TPSA) is 56.7 Å². The largest absolute Gasteiger partial charge is 0.356 e. The van der Waals surface area contributed by atoms with Crippen LogP contribution in [0.2, 0.25) is 0 Å². The highest BCUT2D eigenvalue weighted by atomic mass is 32.1. The number of aromatic nitrogens is 2. The fourth-order valence-electron chi connectivity index (χ4n) is 4.65. The van der Waals surface area contributed by atoms with E-state index in [-0.39, 0.29) is 0 Å². The molecule has 0 radical (unpaired) electrons. The number of fused-ring (bicyclic) bond motifs is 2. The lowest BCUT2D eigenvalue weighted by molar-refractivity contribution is 0.468. The lowest BCUT2D eigenvalue weighted by Crippen LogP contribution is -2.38. The number of thiocarbonyl (C=S) groups is 1. The van der Waals surface area contributed by atoms with E-state index in [2.05, 4.69) is 48.5 Å². The number of rotatable bonds is 2. The van der Waals surface area contributed by atoms with Gasteiger partial charge in [-0.1, -0.05) is 12.1 Å². The third-order valence-electron chi connectivity index (χ3n) is 6.06. The SMILES string of the molecule is S=C(NN=C1CCCc2cccnc21)N1C[C@@H]2CN(c3ccccn3)C[C@@H]2C1. The summed E-state index contributed by atoms with van der Waals surface area (Å²) < 4.78 is 0. The first kappa shape index (κ1) is 17.6. The predicted molar refractivity (Wildman–Crippen MR) is 114 cm³/mol. The van der Waals surface area contributed by atoms with Gasteiger partial charge in [0.2, 0.25) is 0 Å². The van der Waals surface area contributed by atoms with Crippen LogP contribution in [0.1, 0.15) is 24.1 Å². The van der Waals surface area contributed by atoms with E-state index >= 15 is 0 Å². The third-order valence-corrected chi connectivity index (χ3v) is 6.41. The quantitative estimate of drug-likeness (QED) is 0.626. The second-order valence-corrected chi connectivity index (χ2v) is 8.24. The summed E-state index contributed by atoms with van der Waals surface area (Å²) in [6.07, 6.45) is 6.85. The van der Waals surface area contributed by atoms with Crippen molar-refractivity contribution in [3.8, 4) is 0 Å². The Morgan fingerprint density at radius 3 is 2.61 bits per heavy atom. The van der Waals surface area contributed by atoms with Crippen LogP contribution < -0.4 is 10.3 Å². The zero-order valence-electron chi connectivity index (χ0n) is 15.8. The van der Waals surface area contributed by atoms with E-state index in [1.165, 1.54) is 5.56 Å². The van der Waals surface area contributed by atoms with Gasteiger partial charge in [0.25, 0.3) is 0 Å². The predicted octanol–water partition coefficient (Wildman–Crippen LogP) is 2.46. The molecule has 5 rings (SSSR count). The molecule has 0 amide bonds. The van der Waals surface area contributed by atoms with E-state index in [1.807, 2.05) is 24.5 Å². The molecule has 1 N–H and O–H groups in total. The molecule has 3 aliphatic rings. The Labute approximate surface area is 170 Å². The number of pyridine rings is 2. The van der Waals surface area contributed by atoms with Gasteiger partial charge in [-0.25, -0.2) is 4.98 Å². The minimum atomic E-state index is 0.631. The minimum absolute atomic E-state index is 0.631. The van der Waals surface area contributed by atoms with Gasteiger partial charge < -0.3 is 9.80 Å². The maximum Gasteiger partial charge on any atom is 0.189 e. The minimum Gasteiger partial charge on any atom is -0.356 e. The van der Waals surface area contributed by atoms with E-state index in [0.717, 1.165) is 67.8 Å². The van der Waals surface area contributed by atoms with Crippen LogP contribution in [-0.2, 0) is 6.42 Å². The van der Waals surface area contributed by atoms with Crippen LogP contribution in [0.25, 0.3) is 0 Å². The zero-order valence-corrected chi connectivity index (χ0v) is 16.6. The van der Waals surface area contributed by atoms with Crippen LogP contribution in [0.4, 0.5) is 5.82 Å². The maximum absolute atomic E-state index is 5.64. The molecule has 2 aromatic rings. The van der Waals surface area contributed by atoms with Gasteiger partial charge in [0.15, 0.2) is 5.11 Å². The van der Waals surface area contributed by atoms with Crippen LogP contribution in [0, 0.1) is 11.8 Å². The Balaban J connectivity index is 1.20. The van der Waals surface area contributed by atoms with E-state index in [0.29, 0.717) is 11.8 Å². The summed E-state index contributed by atoms with van der Waals surface area (Å²) in [5, 5.41) is 5.36. The van der Waals surface area contributed by atoms with Gasteiger partial charge in [0.1, 0.15) is 5.82 Å². The van der Waals surface area contributed by atoms with Gasteiger partial charge in [-0.2, -0.15) is 5.10 Å².